The lowest BCUT2D eigenvalue weighted by Crippen LogP contribution is -2.25. The topological polar surface area (TPSA) is 29.3 Å². The normalized spacial score (nSPS) is 20.8. The number of rotatable bonds is 3. The van der Waals surface area contributed by atoms with E-state index in [2.05, 4.69) is 11.8 Å². The highest BCUT2D eigenvalue weighted by Gasteiger charge is 2.18. The number of halogens is 1. The van der Waals surface area contributed by atoms with E-state index in [0.717, 1.165) is 35.4 Å². The van der Waals surface area contributed by atoms with Gasteiger partial charge in [0.25, 0.3) is 0 Å². The van der Waals surface area contributed by atoms with Crippen molar-refractivity contribution in [2.24, 2.45) is 5.92 Å². The molecular formula is C15H23ClN2. The van der Waals surface area contributed by atoms with E-state index in [9.17, 15) is 0 Å². The van der Waals surface area contributed by atoms with Gasteiger partial charge in [-0.3, -0.25) is 0 Å². The molecule has 1 saturated heterocycles. The molecule has 2 rings (SSSR count). The maximum atomic E-state index is 6.07. The van der Waals surface area contributed by atoms with Gasteiger partial charge in [0, 0.05) is 18.1 Å². The third-order valence-electron chi connectivity index (χ3n) is 3.88. The van der Waals surface area contributed by atoms with E-state index < -0.39 is 0 Å². The van der Waals surface area contributed by atoms with Crippen LogP contribution in [-0.2, 0) is 0 Å². The Morgan fingerprint density at radius 1 is 1.33 bits per heavy atom. The summed E-state index contributed by atoms with van der Waals surface area (Å²) in [6.07, 6.45) is 6.55. The van der Waals surface area contributed by atoms with Gasteiger partial charge in [-0.15, -0.1) is 0 Å². The molecule has 1 aliphatic heterocycles. The van der Waals surface area contributed by atoms with Gasteiger partial charge in [-0.2, -0.15) is 0 Å². The zero-order valence-corrected chi connectivity index (χ0v) is 11.9. The van der Waals surface area contributed by atoms with Crippen LogP contribution in [0.25, 0.3) is 0 Å². The van der Waals surface area contributed by atoms with E-state index in [1.807, 2.05) is 18.2 Å². The van der Waals surface area contributed by atoms with Crippen molar-refractivity contribution in [2.75, 3.05) is 23.7 Å². The van der Waals surface area contributed by atoms with Crippen LogP contribution >= 0.6 is 11.6 Å². The van der Waals surface area contributed by atoms with E-state index >= 15 is 0 Å². The average molecular weight is 267 g/mol. The minimum absolute atomic E-state index is 0.772. The van der Waals surface area contributed by atoms with Crippen LogP contribution in [0.4, 0.5) is 11.4 Å². The van der Waals surface area contributed by atoms with E-state index in [1.54, 1.807) is 0 Å². The van der Waals surface area contributed by atoms with Crippen LogP contribution in [0.2, 0.25) is 5.02 Å². The fourth-order valence-corrected chi connectivity index (χ4v) is 3.06. The second kappa shape index (κ2) is 6.33. The second-order valence-electron chi connectivity index (χ2n) is 5.28. The molecule has 0 spiro atoms. The first kappa shape index (κ1) is 13.5. The third-order valence-corrected chi connectivity index (χ3v) is 4.11. The number of nitrogens with two attached hydrogens (primary N) is 1. The van der Waals surface area contributed by atoms with Crippen molar-refractivity contribution in [1.29, 1.82) is 0 Å². The predicted octanol–water partition coefficient (Wildman–Crippen LogP) is 4.33. The zero-order valence-electron chi connectivity index (χ0n) is 11.2. The van der Waals surface area contributed by atoms with E-state index in [-0.39, 0.29) is 0 Å². The van der Waals surface area contributed by atoms with Gasteiger partial charge in [0.2, 0.25) is 0 Å². The molecule has 0 aromatic heterocycles. The van der Waals surface area contributed by atoms with Crippen molar-refractivity contribution in [2.45, 2.75) is 39.0 Å². The molecule has 2 nitrogen and oxygen atoms in total. The summed E-state index contributed by atoms with van der Waals surface area (Å²) < 4.78 is 0. The molecule has 0 saturated carbocycles. The summed E-state index contributed by atoms with van der Waals surface area (Å²) >= 11 is 6.07. The average Bonchev–Trinajstić information content (AvgIpc) is 2.58. The third kappa shape index (κ3) is 3.32. The highest BCUT2D eigenvalue weighted by atomic mass is 35.5. The summed E-state index contributed by atoms with van der Waals surface area (Å²) in [4.78, 5) is 2.40. The summed E-state index contributed by atoms with van der Waals surface area (Å²) in [6, 6.07) is 5.77. The molecule has 3 heteroatoms. The van der Waals surface area contributed by atoms with Crippen molar-refractivity contribution >= 4 is 23.0 Å². The minimum Gasteiger partial charge on any atom is -0.397 e. The molecule has 1 aliphatic rings. The molecule has 0 radical (unpaired) electrons. The maximum absolute atomic E-state index is 6.07. The Kier molecular flexibility index (Phi) is 4.76. The number of anilines is 2. The second-order valence-corrected chi connectivity index (χ2v) is 5.71. The van der Waals surface area contributed by atoms with Crippen LogP contribution < -0.4 is 10.6 Å². The Labute approximate surface area is 115 Å². The lowest BCUT2D eigenvalue weighted by molar-refractivity contribution is 0.435. The number of nitrogens with zero attached hydrogens (tertiary/aromatic N) is 1. The summed E-state index contributed by atoms with van der Waals surface area (Å²) in [6.45, 7) is 4.48. The number of benzene rings is 1. The van der Waals surface area contributed by atoms with Gasteiger partial charge in [-0.1, -0.05) is 31.4 Å². The lowest BCUT2D eigenvalue weighted by atomic mass is 9.96. The van der Waals surface area contributed by atoms with Gasteiger partial charge < -0.3 is 10.6 Å². The van der Waals surface area contributed by atoms with Gasteiger partial charge in [0.05, 0.1) is 11.4 Å². The first-order valence-corrected chi connectivity index (χ1v) is 7.38. The first-order valence-electron chi connectivity index (χ1n) is 7.00. The molecule has 1 atom stereocenters. The molecule has 0 aliphatic carbocycles. The van der Waals surface area contributed by atoms with E-state index in [4.69, 9.17) is 17.3 Å². The van der Waals surface area contributed by atoms with E-state index in [1.165, 1.54) is 32.1 Å². The van der Waals surface area contributed by atoms with Crippen molar-refractivity contribution in [1.82, 2.24) is 0 Å². The molecular weight excluding hydrogens is 244 g/mol. The summed E-state index contributed by atoms with van der Waals surface area (Å²) in [7, 11) is 0. The van der Waals surface area contributed by atoms with Crippen molar-refractivity contribution in [3.05, 3.63) is 23.2 Å². The molecule has 1 unspecified atom stereocenters. The Morgan fingerprint density at radius 3 is 2.94 bits per heavy atom. The zero-order chi connectivity index (χ0) is 13.0. The SMILES string of the molecule is CCCC1CCCN(c2cc(Cl)ccc2N)CC1. The Hall–Kier alpha value is -0.890. The van der Waals surface area contributed by atoms with Crippen LogP contribution in [0.1, 0.15) is 39.0 Å². The van der Waals surface area contributed by atoms with E-state index in [0.29, 0.717) is 0 Å². The van der Waals surface area contributed by atoms with Crippen LogP contribution in [0.15, 0.2) is 18.2 Å². The van der Waals surface area contributed by atoms with Crippen LogP contribution in [-0.4, -0.2) is 13.1 Å². The van der Waals surface area contributed by atoms with Gasteiger partial charge >= 0.3 is 0 Å². The van der Waals surface area contributed by atoms with Gasteiger partial charge in [0.1, 0.15) is 0 Å². The largest absolute Gasteiger partial charge is 0.397 e. The van der Waals surface area contributed by atoms with Crippen LogP contribution in [0, 0.1) is 5.92 Å². The first-order chi connectivity index (χ1) is 8.70. The molecule has 0 amide bonds. The Bertz CT molecular complexity index is 392. The van der Waals surface area contributed by atoms with Gasteiger partial charge in [-0.25, -0.2) is 0 Å². The number of hydrogen-bond acceptors (Lipinski definition) is 2. The lowest BCUT2D eigenvalue weighted by Gasteiger charge is -2.24. The Morgan fingerprint density at radius 2 is 2.17 bits per heavy atom. The standard InChI is InChI=1S/C15H23ClN2/c1-2-4-12-5-3-9-18(10-8-12)15-11-13(16)6-7-14(15)17/h6-7,11-12H,2-5,8-10,17H2,1H3. The molecule has 1 aromatic carbocycles. The number of hydrogen-bond donors (Lipinski definition) is 1. The monoisotopic (exact) mass is 266 g/mol. The maximum Gasteiger partial charge on any atom is 0.0614 e. The number of nitrogen functional groups attached to an aromatic ring is 1. The summed E-state index contributed by atoms with van der Waals surface area (Å²) in [5.41, 5.74) is 8.02. The van der Waals surface area contributed by atoms with Crippen molar-refractivity contribution in [3.63, 3.8) is 0 Å². The van der Waals surface area contributed by atoms with Gasteiger partial charge in [0.15, 0.2) is 0 Å². The summed E-state index contributed by atoms with van der Waals surface area (Å²) in [5, 5.41) is 0.772. The van der Waals surface area contributed by atoms with Crippen LogP contribution in [0.3, 0.4) is 0 Å². The molecule has 1 heterocycles. The van der Waals surface area contributed by atoms with Gasteiger partial charge in [-0.05, 0) is 43.4 Å². The summed E-state index contributed by atoms with van der Waals surface area (Å²) in [5.74, 6) is 0.889. The highest BCUT2D eigenvalue weighted by molar-refractivity contribution is 6.31. The smallest absolute Gasteiger partial charge is 0.0614 e. The van der Waals surface area contributed by atoms with Crippen LogP contribution in [0.5, 0.6) is 0 Å². The molecule has 1 fully saturated rings. The quantitative estimate of drug-likeness (QED) is 0.825. The molecule has 2 N–H and O–H groups in total. The minimum atomic E-state index is 0.772. The van der Waals surface area contributed by atoms with Crippen molar-refractivity contribution < 1.29 is 0 Å². The predicted molar refractivity (Wildman–Crippen MR) is 80.3 cm³/mol. The highest BCUT2D eigenvalue weighted by Crippen LogP contribution is 2.30. The molecule has 1 aromatic rings. The molecule has 18 heavy (non-hydrogen) atoms. The molecule has 100 valence electrons. The van der Waals surface area contributed by atoms with Crippen molar-refractivity contribution in [3.8, 4) is 0 Å². The Balaban J connectivity index is 2.07. The fraction of sp³-hybridized carbons (Fsp3) is 0.600. The fourth-order valence-electron chi connectivity index (χ4n) is 2.89. The molecule has 0 bridgehead atoms.